The fourth-order valence-corrected chi connectivity index (χ4v) is 3.41. The van der Waals surface area contributed by atoms with Crippen LogP contribution >= 0.6 is 0 Å². The van der Waals surface area contributed by atoms with E-state index in [4.69, 9.17) is 9.47 Å². The van der Waals surface area contributed by atoms with Gasteiger partial charge in [-0.2, -0.15) is 0 Å². The first kappa shape index (κ1) is 16.2. The van der Waals surface area contributed by atoms with E-state index in [-0.39, 0.29) is 17.7 Å². The van der Waals surface area contributed by atoms with Crippen LogP contribution in [0, 0.1) is 5.92 Å². The van der Waals surface area contributed by atoms with E-state index in [1.54, 1.807) is 12.1 Å². The zero-order chi connectivity index (χ0) is 17.2. The summed E-state index contributed by atoms with van der Waals surface area (Å²) < 4.78 is 11.3. The molecule has 1 aliphatic carbocycles. The molecule has 2 aliphatic heterocycles. The summed E-state index contributed by atoms with van der Waals surface area (Å²) >= 11 is 0. The highest BCUT2D eigenvalue weighted by Crippen LogP contribution is 2.32. The van der Waals surface area contributed by atoms with Crippen molar-refractivity contribution in [2.75, 3.05) is 39.4 Å². The van der Waals surface area contributed by atoms with Gasteiger partial charge < -0.3 is 19.3 Å². The molecule has 1 saturated carbocycles. The van der Waals surface area contributed by atoms with Crippen molar-refractivity contribution in [3.63, 3.8) is 0 Å². The number of rotatable bonds is 2. The number of ether oxygens (including phenoxy) is 2. The van der Waals surface area contributed by atoms with Gasteiger partial charge in [-0.15, -0.1) is 0 Å². The van der Waals surface area contributed by atoms with Crippen molar-refractivity contribution in [3.8, 4) is 11.5 Å². The van der Waals surface area contributed by atoms with Gasteiger partial charge in [0.25, 0.3) is 5.91 Å². The molecule has 6 heteroatoms. The molecule has 134 valence electrons. The van der Waals surface area contributed by atoms with Crippen LogP contribution in [0.25, 0.3) is 0 Å². The summed E-state index contributed by atoms with van der Waals surface area (Å²) in [5, 5.41) is 0. The quantitative estimate of drug-likeness (QED) is 0.823. The van der Waals surface area contributed by atoms with E-state index in [2.05, 4.69) is 0 Å². The first-order chi connectivity index (χ1) is 12.2. The maximum absolute atomic E-state index is 12.9. The largest absolute Gasteiger partial charge is 0.490 e. The zero-order valence-electron chi connectivity index (χ0n) is 14.4. The second-order valence-electron chi connectivity index (χ2n) is 6.96. The predicted octanol–water partition coefficient (Wildman–Crippen LogP) is 1.93. The molecule has 0 spiro atoms. The van der Waals surface area contributed by atoms with E-state index in [9.17, 15) is 9.59 Å². The summed E-state index contributed by atoms with van der Waals surface area (Å²) in [5.41, 5.74) is 0.617. The number of fused-ring (bicyclic) bond motifs is 1. The predicted molar refractivity (Wildman–Crippen MR) is 91.9 cm³/mol. The Labute approximate surface area is 147 Å². The van der Waals surface area contributed by atoms with Gasteiger partial charge in [-0.1, -0.05) is 0 Å². The first-order valence-corrected chi connectivity index (χ1v) is 9.20. The molecule has 1 saturated heterocycles. The molecule has 0 aromatic heterocycles. The average molecular weight is 344 g/mol. The van der Waals surface area contributed by atoms with Crippen molar-refractivity contribution in [1.82, 2.24) is 9.80 Å². The Kier molecular flexibility index (Phi) is 4.51. The number of hydrogen-bond donors (Lipinski definition) is 0. The lowest BCUT2D eigenvalue weighted by Gasteiger charge is -2.22. The number of hydrogen-bond acceptors (Lipinski definition) is 4. The van der Waals surface area contributed by atoms with Crippen molar-refractivity contribution in [3.05, 3.63) is 23.8 Å². The van der Waals surface area contributed by atoms with Crippen molar-refractivity contribution in [2.45, 2.75) is 25.7 Å². The van der Waals surface area contributed by atoms with Crippen LogP contribution in [0.5, 0.6) is 11.5 Å². The standard InChI is InChI=1S/C19H24N2O4/c22-18(14-3-4-14)20-7-1-8-21(10-9-20)19(23)15-5-6-16-17(13-15)25-12-2-11-24-16/h5-6,13-14H,1-4,7-12H2. The van der Waals surface area contributed by atoms with Crippen LogP contribution in [0.15, 0.2) is 18.2 Å². The van der Waals surface area contributed by atoms with E-state index in [0.717, 1.165) is 32.2 Å². The third-order valence-electron chi connectivity index (χ3n) is 5.02. The van der Waals surface area contributed by atoms with E-state index < -0.39 is 0 Å². The molecule has 0 N–H and O–H groups in total. The van der Waals surface area contributed by atoms with Gasteiger partial charge in [0.15, 0.2) is 11.5 Å². The molecule has 1 aromatic rings. The summed E-state index contributed by atoms with van der Waals surface area (Å²) in [4.78, 5) is 28.9. The molecule has 0 bridgehead atoms. The summed E-state index contributed by atoms with van der Waals surface area (Å²) in [6, 6.07) is 5.39. The van der Waals surface area contributed by atoms with E-state index >= 15 is 0 Å². The second-order valence-corrected chi connectivity index (χ2v) is 6.96. The highest BCUT2D eigenvalue weighted by molar-refractivity contribution is 5.95. The molecular weight excluding hydrogens is 320 g/mol. The zero-order valence-corrected chi connectivity index (χ0v) is 14.4. The second kappa shape index (κ2) is 6.94. The lowest BCUT2D eigenvalue weighted by molar-refractivity contribution is -0.132. The van der Waals surface area contributed by atoms with Gasteiger partial charge >= 0.3 is 0 Å². The van der Waals surface area contributed by atoms with Crippen molar-refractivity contribution >= 4 is 11.8 Å². The molecule has 0 radical (unpaired) electrons. The fraction of sp³-hybridized carbons (Fsp3) is 0.579. The monoisotopic (exact) mass is 344 g/mol. The molecular formula is C19H24N2O4. The van der Waals surface area contributed by atoms with Crippen molar-refractivity contribution in [2.24, 2.45) is 5.92 Å². The van der Waals surface area contributed by atoms with Crippen LogP contribution in [0.2, 0.25) is 0 Å². The summed E-state index contributed by atoms with van der Waals surface area (Å²) in [6.07, 6.45) is 3.72. The van der Waals surface area contributed by atoms with Crippen LogP contribution in [0.4, 0.5) is 0 Å². The summed E-state index contributed by atoms with van der Waals surface area (Å²) in [5.74, 6) is 1.85. The summed E-state index contributed by atoms with van der Waals surface area (Å²) in [7, 11) is 0. The molecule has 2 fully saturated rings. The highest BCUT2D eigenvalue weighted by Gasteiger charge is 2.34. The molecule has 4 rings (SSSR count). The maximum Gasteiger partial charge on any atom is 0.254 e. The Morgan fingerprint density at radius 3 is 2.40 bits per heavy atom. The Morgan fingerprint density at radius 1 is 0.880 bits per heavy atom. The Balaban J connectivity index is 1.43. The molecule has 0 unspecified atom stereocenters. The molecule has 3 aliphatic rings. The minimum atomic E-state index is -0.00336. The Bertz CT molecular complexity index is 671. The van der Waals surface area contributed by atoms with Crippen LogP contribution in [0.3, 0.4) is 0 Å². The highest BCUT2D eigenvalue weighted by atomic mass is 16.5. The van der Waals surface area contributed by atoms with Gasteiger partial charge in [0.1, 0.15) is 0 Å². The first-order valence-electron chi connectivity index (χ1n) is 9.20. The van der Waals surface area contributed by atoms with Crippen LogP contribution in [-0.2, 0) is 4.79 Å². The molecule has 6 nitrogen and oxygen atoms in total. The lowest BCUT2D eigenvalue weighted by Crippen LogP contribution is -2.38. The number of carbonyl (C=O) groups excluding carboxylic acids is 2. The van der Waals surface area contributed by atoms with Crippen LogP contribution in [-0.4, -0.2) is 61.0 Å². The van der Waals surface area contributed by atoms with Gasteiger partial charge in [0.05, 0.1) is 13.2 Å². The topological polar surface area (TPSA) is 59.1 Å². The number of amides is 2. The van der Waals surface area contributed by atoms with Gasteiger partial charge in [-0.25, -0.2) is 0 Å². The van der Waals surface area contributed by atoms with Crippen molar-refractivity contribution < 1.29 is 19.1 Å². The van der Waals surface area contributed by atoms with E-state index in [1.165, 1.54) is 0 Å². The molecule has 1 aromatic carbocycles. The third-order valence-corrected chi connectivity index (χ3v) is 5.02. The number of benzene rings is 1. The van der Waals surface area contributed by atoms with Crippen molar-refractivity contribution in [1.29, 1.82) is 0 Å². The minimum Gasteiger partial charge on any atom is -0.490 e. The van der Waals surface area contributed by atoms with Gasteiger partial charge in [-0.3, -0.25) is 9.59 Å². The van der Waals surface area contributed by atoms with Gasteiger partial charge in [-0.05, 0) is 37.5 Å². The van der Waals surface area contributed by atoms with Crippen LogP contribution < -0.4 is 9.47 Å². The third kappa shape index (κ3) is 3.57. The lowest BCUT2D eigenvalue weighted by atomic mass is 10.1. The molecule has 0 atom stereocenters. The molecule has 25 heavy (non-hydrogen) atoms. The minimum absolute atomic E-state index is 0.00336. The smallest absolute Gasteiger partial charge is 0.254 e. The Hall–Kier alpha value is -2.24. The number of nitrogens with zero attached hydrogens (tertiary/aromatic N) is 2. The molecule has 2 amide bonds. The average Bonchev–Trinajstić information content (AvgIpc) is 3.48. The van der Waals surface area contributed by atoms with E-state index in [0.29, 0.717) is 49.9 Å². The fourth-order valence-electron chi connectivity index (χ4n) is 3.41. The molecule has 2 heterocycles. The normalized spacial score (nSPS) is 20.6. The summed E-state index contributed by atoms with van der Waals surface area (Å²) in [6.45, 7) is 3.89. The van der Waals surface area contributed by atoms with Gasteiger partial charge in [0, 0.05) is 44.1 Å². The van der Waals surface area contributed by atoms with E-state index in [1.807, 2.05) is 15.9 Å². The van der Waals surface area contributed by atoms with Crippen LogP contribution in [0.1, 0.15) is 36.0 Å². The van der Waals surface area contributed by atoms with Gasteiger partial charge in [0.2, 0.25) is 5.91 Å². The number of carbonyl (C=O) groups is 2. The SMILES string of the molecule is O=C(c1ccc2c(c1)OCCCO2)N1CCCN(C(=O)C2CC2)CC1. The Morgan fingerprint density at radius 2 is 1.60 bits per heavy atom. The maximum atomic E-state index is 12.9.